The lowest BCUT2D eigenvalue weighted by Crippen LogP contribution is -2.62. The Balaban J connectivity index is 1.26. The third-order valence-electron chi connectivity index (χ3n) is 12.7. The van der Waals surface area contributed by atoms with Crippen molar-refractivity contribution in [3.63, 3.8) is 0 Å². The Bertz CT molecular complexity index is 2830. The predicted molar refractivity (Wildman–Crippen MR) is 239 cm³/mol. The lowest BCUT2D eigenvalue weighted by Gasteiger charge is -2.51. The van der Waals surface area contributed by atoms with Gasteiger partial charge in [-0.3, -0.25) is 0 Å². The number of hydrogen-bond acceptors (Lipinski definition) is 2. The van der Waals surface area contributed by atoms with Gasteiger partial charge in [0.25, 0.3) is 0 Å². The monoisotopic (exact) mass is 718 g/mol. The van der Waals surface area contributed by atoms with Gasteiger partial charge in [-0.15, -0.1) is 0 Å². The summed E-state index contributed by atoms with van der Waals surface area (Å²) in [5.41, 5.74) is 20.3. The van der Waals surface area contributed by atoms with Crippen molar-refractivity contribution in [2.75, 3.05) is 9.71 Å². The Kier molecular flexibility index (Phi) is 6.99. The molecule has 0 N–H and O–H groups in total. The highest BCUT2D eigenvalue weighted by Crippen LogP contribution is 2.56. The van der Waals surface area contributed by atoms with Gasteiger partial charge in [-0.05, 0) is 114 Å². The first-order valence-electron chi connectivity index (χ1n) is 20.0. The van der Waals surface area contributed by atoms with E-state index in [0.717, 1.165) is 0 Å². The molecule has 11 rings (SSSR count). The normalized spacial score (nSPS) is 14.6. The molecule has 8 aromatic rings. The van der Waals surface area contributed by atoms with Gasteiger partial charge in [0, 0.05) is 33.7 Å². The highest BCUT2D eigenvalue weighted by atomic mass is 15.2. The number of hydrogen-bond donors (Lipinski definition) is 0. The SMILES string of the molecule is CC(C)(C)c1cc2c3c(c1)N1c4cc5ccccc5cc4C(C)(C)c4cccc(c41)B3N(c1cc(-c3ccccc3)cc(-c3ccccc3)c1)c1ccccc1-2. The van der Waals surface area contributed by atoms with E-state index < -0.39 is 0 Å². The standard InChI is InChI=1S/C53H43BN2/c1-52(2,3)40-32-43-42-23-14-15-26-47(42)56(41-28-38(34-17-8-6-9-18-34)27-39(29-41)35-19-10-7-11-20-35)54-46-25-16-24-44-51(46)55(49(33-40)50(43)54)48-31-37-22-13-12-21-36(37)30-45(48)53(44,4)5/h6-33H,1-5H3. The van der Waals surface area contributed by atoms with Crippen LogP contribution in [0, 0.1) is 0 Å². The summed E-state index contributed by atoms with van der Waals surface area (Å²) in [6, 6.07) is 63.9. The van der Waals surface area contributed by atoms with Gasteiger partial charge in [-0.25, -0.2) is 0 Å². The van der Waals surface area contributed by atoms with Crippen LogP contribution in [0.5, 0.6) is 0 Å². The molecule has 2 nitrogen and oxygen atoms in total. The quantitative estimate of drug-likeness (QED) is 0.168. The average Bonchev–Trinajstić information content (AvgIpc) is 3.22. The van der Waals surface area contributed by atoms with E-state index >= 15 is 0 Å². The van der Waals surface area contributed by atoms with E-state index in [1.165, 1.54) is 100 Å². The van der Waals surface area contributed by atoms with Crippen molar-refractivity contribution in [1.29, 1.82) is 0 Å². The summed E-state index contributed by atoms with van der Waals surface area (Å²) >= 11 is 0. The topological polar surface area (TPSA) is 6.48 Å². The molecule has 3 aliphatic rings. The number of para-hydroxylation sites is 2. The average molecular weight is 719 g/mol. The van der Waals surface area contributed by atoms with Gasteiger partial charge in [0.05, 0.1) is 5.69 Å². The van der Waals surface area contributed by atoms with E-state index in [1.54, 1.807) is 0 Å². The lowest BCUT2D eigenvalue weighted by atomic mass is 9.42. The summed E-state index contributed by atoms with van der Waals surface area (Å²) in [4.78, 5) is 5.30. The van der Waals surface area contributed by atoms with Crippen LogP contribution in [0.4, 0.5) is 28.4 Å². The number of fused-ring (bicyclic) bond motifs is 7. The molecule has 0 atom stereocenters. The number of rotatable bonds is 3. The summed E-state index contributed by atoms with van der Waals surface area (Å²) in [7, 11) is 0. The zero-order valence-corrected chi connectivity index (χ0v) is 32.6. The van der Waals surface area contributed by atoms with Gasteiger partial charge in [0.2, 0.25) is 0 Å². The first kappa shape index (κ1) is 33.1. The van der Waals surface area contributed by atoms with E-state index in [9.17, 15) is 0 Å². The highest BCUT2D eigenvalue weighted by molar-refractivity contribution is 6.93. The molecule has 0 aromatic heterocycles. The Morgan fingerprint density at radius 1 is 0.482 bits per heavy atom. The third kappa shape index (κ3) is 4.76. The van der Waals surface area contributed by atoms with Crippen molar-refractivity contribution in [3.05, 3.63) is 187 Å². The Labute approximate surface area is 330 Å². The molecule has 0 aliphatic carbocycles. The van der Waals surface area contributed by atoms with Gasteiger partial charge in [0.1, 0.15) is 0 Å². The molecule has 0 bridgehead atoms. The van der Waals surface area contributed by atoms with E-state index in [2.05, 4.69) is 214 Å². The van der Waals surface area contributed by atoms with Crippen LogP contribution < -0.4 is 20.6 Å². The molecular weight excluding hydrogens is 675 g/mol. The second-order valence-corrected chi connectivity index (χ2v) is 17.4. The molecule has 0 saturated carbocycles. The minimum Gasteiger partial charge on any atom is -0.376 e. The van der Waals surface area contributed by atoms with Gasteiger partial charge in [-0.2, -0.15) is 0 Å². The zero-order chi connectivity index (χ0) is 37.9. The van der Waals surface area contributed by atoms with Gasteiger partial charge >= 0.3 is 6.85 Å². The molecule has 56 heavy (non-hydrogen) atoms. The molecule has 3 heterocycles. The molecule has 0 amide bonds. The maximum atomic E-state index is 2.66. The van der Waals surface area contributed by atoms with Crippen LogP contribution in [0.2, 0.25) is 0 Å². The van der Waals surface area contributed by atoms with Crippen LogP contribution in [-0.4, -0.2) is 6.85 Å². The molecule has 0 radical (unpaired) electrons. The maximum Gasteiger partial charge on any atom is 0.333 e. The molecule has 8 aromatic carbocycles. The van der Waals surface area contributed by atoms with Gasteiger partial charge < -0.3 is 9.71 Å². The zero-order valence-electron chi connectivity index (χ0n) is 32.6. The Morgan fingerprint density at radius 3 is 1.79 bits per heavy atom. The number of anilines is 5. The summed E-state index contributed by atoms with van der Waals surface area (Å²) in [6.45, 7) is 11.8. The number of nitrogens with zero attached hydrogens (tertiary/aromatic N) is 2. The molecule has 0 spiro atoms. The fourth-order valence-corrected chi connectivity index (χ4v) is 9.84. The van der Waals surface area contributed by atoms with Crippen molar-refractivity contribution in [1.82, 2.24) is 0 Å². The molecule has 3 heteroatoms. The van der Waals surface area contributed by atoms with Crippen molar-refractivity contribution in [2.24, 2.45) is 0 Å². The summed E-state index contributed by atoms with van der Waals surface area (Å²) in [6.07, 6.45) is 0. The Morgan fingerprint density at radius 2 is 1.11 bits per heavy atom. The molecule has 0 fully saturated rings. The molecule has 3 aliphatic heterocycles. The van der Waals surface area contributed by atoms with Gasteiger partial charge in [0.15, 0.2) is 0 Å². The van der Waals surface area contributed by atoms with Crippen molar-refractivity contribution in [2.45, 2.75) is 45.4 Å². The van der Waals surface area contributed by atoms with Crippen LogP contribution in [0.3, 0.4) is 0 Å². The van der Waals surface area contributed by atoms with Crippen molar-refractivity contribution in [3.8, 4) is 33.4 Å². The van der Waals surface area contributed by atoms with E-state index in [-0.39, 0.29) is 17.7 Å². The third-order valence-corrected chi connectivity index (χ3v) is 12.7. The van der Waals surface area contributed by atoms with Gasteiger partial charge in [-0.1, -0.05) is 162 Å². The first-order valence-corrected chi connectivity index (χ1v) is 20.0. The molecule has 0 unspecified atom stereocenters. The van der Waals surface area contributed by atoms with Crippen LogP contribution in [0.1, 0.15) is 51.3 Å². The van der Waals surface area contributed by atoms with Crippen LogP contribution in [-0.2, 0) is 10.8 Å². The Hall–Kier alpha value is -6.32. The van der Waals surface area contributed by atoms with E-state index in [0.29, 0.717) is 0 Å². The van der Waals surface area contributed by atoms with E-state index in [4.69, 9.17) is 0 Å². The fraction of sp³-hybridized carbons (Fsp3) is 0.132. The maximum absolute atomic E-state index is 2.66. The predicted octanol–water partition coefficient (Wildman–Crippen LogP) is 12.8. The largest absolute Gasteiger partial charge is 0.376 e. The fourth-order valence-electron chi connectivity index (χ4n) is 9.84. The highest BCUT2D eigenvalue weighted by Gasteiger charge is 2.49. The first-order chi connectivity index (χ1) is 27.2. The summed E-state index contributed by atoms with van der Waals surface area (Å²) in [5.74, 6) is 0. The minimum absolute atomic E-state index is 0.0528. The molecular formula is C53H43BN2. The van der Waals surface area contributed by atoms with Crippen LogP contribution >= 0.6 is 0 Å². The second-order valence-electron chi connectivity index (χ2n) is 17.4. The van der Waals surface area contributed by atoms with Crippen LogP contribution in [0.15, 0.2) is 170 Å². The van der Waals surface area contributed by atoms with Crippen LogP contribution in [0.25, 0.3) is 44.2 Å². The van der Waals surface area contributed by atoms with Crippen molar-refractivity contribution >= 4 is 57.0 Å². The smallest absolute Gasteiger partial charge is 0.333 e. The lowest BCUT2D eigenvalue weighted by molar-refractivity contribution is 0.590. The second kappa shape index (κ2) is 11.8. The minimum atomic E-state index is -0.214. The summed E-state index contributed by atoms with van der Waals surface area (Å²) in [5, 5.41) is 2.55. The molecule has 0 saturated heterocycles. The van der Waals surface area contributed by atoms with Crippen molar-refractivity contribution < 1.29 is 0 Å². The van der Waals surface area contributed by atoms with E-state index in [1.807, 2.05) is 0 Å². The summed E-state index contributed by atoms with van der Waals surface area (Å²) < 4.78 is 0. The number of benzene rings is 8. The molecule has 268 valence electrons.